The van der Waals surface area contributed by atoms with E-state index in [-0.39, 0.29) is 18.5 Å². The van der Waals surface area contributed by atoms with Crippen LogP contribution in [0.1, 0.15) is 12.0 Å². The van der Waals surface area contributed by atoms with Crippen molar-refractivity contribution < 1.29 is 35.9 Å². The van der Waals surface area contributed by atoms with E-state index in [1.165, 1.54) is 12.1 Å². The molecule has 4 nitrogen and oxygen atoms in total. The third-order valence-electron chi connectivity index (χ3n) is 3.47. The van der Waals surface area contributed by atoms with Crippen LogP contribution < -0.4 is 10.5 Å². The van der Waals surface area contributed by atoms with Crippen LogP contribution in [0.3, 0.4) is 0 Å². The number of hydrogen-bond acceptors (Lipinski definition) is 3. The first-order chi connectivity index (χ1) is 10.4. The van der Waals surface area contributed by atoms with Crippen molar-refractivity contribution in [3.8, 4) is 5.75 Å². The van der Waals surface area contributed by atoms with Crippen molar-refractivity contribution in [1.29, 1.82) is 0 Å². The Balaban J connectivity index is 2.19. The van der Waals surface area contributed by atoms with E-state index in [1.807, 2.05) is 0 Å². The molecule has 23 heavy (non-hydrogen) atoms. The molecule has 2 rings (SSSR count). The molecule has 0 saturated carbocycles. The minimum absolute atomic E-state index is 0.00963. The summed E-state index contributed by atoms with van der Waals surface area (Å²) in [5, 5.41) is 0. The predicted molar refractivity (Wildman–Crippen MR) is 66.2 cm³/mol. The molecule has 1 aromatic carbocycles. The van der Waals surface area contributed by atoms with E-state index in [2.05, 4.69) is 4.74 Å². The summed E-state index contributed by atoms with van der Waals surface area (Å²) < 4.78 is 77.7. The van der Waals surface area contributed by atoms with Gasteiger partial charge in [0.2, 0.25) is 0 Å². The number of ether oxygens (including phenoxy) is 1. The minimum atomic E-state index is -5.02. The number of nitrogens with zero attached hydrogens (tertiary/aromatic N) is 1. The minimum Gasteiger partial charge on any atom is -0.406 e. The lowest BCUT2D eigenvalue weighted by Gasteiger charge is -2.26. The Labute approximate surface area is 126 Å². The van der Waals surface area contributed by atoms with E-state index in [9.17, 15) is 31.1 Å². The number of rotatable bonds is 2. The maximum Gasteiger partial charge on any atom is 0.573 e. The van der Waals surface area contributed by atoms with E-state index >= 15 is 0 Å². The molecule has 128 valence electrons. The van der Waals surface area contributed by atoms with Crippen LogP contribution in [0.15, 0.2) is 24.3 Å². The van der Waals surface area contributed by atoms with E-state index in [4.69, 9.17) is 5.73 Å². The lowest BCUT2D eigenvalue weighted by molar-refractivity contribution is -0.274. The Kier molecular flexibility index (Phi) is 4.22. The van der Waals surface area contributed by atoms with Gasteiger partial charge in [0.05, 0.1) is 5.54 Å². The van der Waals surface area contributed by atoms with Crippen LogP contribution in [0, 0.1) is 0 Å². The fourth-order valence-electron chi connectivity index (χ4n) is 2.42. The smallest absolute Gasteiger partial charge is 0.406 e. The highest BCUT2D eigenvalue weighted by Gasteiger charge is 2.48. The van der Waals surface area contributed by atoms with Crippen LogP contribution in [-0.2, 0) is 10.3 Å². The van der Waals surface area contributed by atoms with Gasteiger partial charge in [0.15, 0.2) is 0 Å². The molecule has 2 N–H and O–H groups in total. The summed E-state index contributed by atoms with van der Waals surface area (Å²) in [5.41, 5.74) is 4.78. The molecule has 1 aromatic rings. The zero-order chi connectivity index (χ0) is 17.5. The summed E-state index contributed by atoms with van der Waals surface area (Å²) in [6, 6.07) is 4.69. The summed E-state index contributed by atoms with van der Waals surface area (Å²) in [5.74, 6) is -2.55. The molecule has 1 aliphatic rings. The summed E-state index contributed by atoms with van der Waals surface area (Å²) in [6.07, 6.45) is -9.93. The number of nitrogens with two attached hydrogens (primary N) is 1. The lowest BCUT2D eigenvalue weighted by Crippen LogP contribution is -2.44. The second-order valence-electron chi connectivity index (χ2n) is 5.21. The molecule has 1 atom stereocenters. The van der Waals surface area contributed by atoms with Crippen LogP contribution in [0.2, 0.25) is 0 Å². The molecule has 0 aromatic heterocycles. The number of benzene rings is 1. The van der Waals surface area contributed by atoms with Crippen LogP contribution in [-0.4, -0.2) is 36.4 Å². The van der Waals surface area contributed by atoms with E-state index in [0.29, 0.717) is 4.90 Å². The van der Waals surface area contributed by atoms with Gasteiger partial charge in [-0.25, -0.2) is 0 Å². The first-order valence-electron chi connectivity index (χ1n) is 6.42. The zero-order valence-electron chi connectivity index (χ0n) is 11.5. The van der Waals surface area contributed by atoms with Crippen molar-refractivity contribution in [2.75, 3.05) is 13.1 Å². The van der Waals surface area contributed by atoms with Gasteiger partial charge in [0.1, 0.15) is 5.75 Å². The first kappa shape index (κ1) is 17.4. The number of alkyl halides is 6. The second-order valence-corrected chi connectivity index (χ2v) is 5.21. The number of carbonyl (C=O) groups excluding carboxylic acids is 1. The van der Waals surface area contributed by atoms with Crippen molar-refractivity contribution in [3.05, 3.63) is 29.8 Å². The van der Waals surface area contributed by atoms with Gasteiger partial charge < -0.3 is 15.4 Å². The van der Waals surface area contributed by atoms with Crippen LogP contribution in [0.5, 0.6) is 5.75 Å². The highest BCUT2D eigenvalue weighted by Crippen LogP contribution is 2.34. The molecular formula is C13H12F6N2O2. The topological polar surface area (TPSA) is 55.6 Å². The summed E-state index contributed by atoms with van der Waals surface area (Å²) >= 11 is 0. The van der Waals surface area contributed by atoms with E-state index in [0.717, 1.165) is 12.1 Å². The summed E-state index contributed by atoms with van der Waals surface area (Å²) in [4.78, 5) is 11.8. The van der Waals surface area contributed by atoms with Crippen molar-refractivity contribution in [2.45, 2.75) is 24.5 Å². The zero-order valence-corrected chi connectivity index (χ0v) is 11.5. The summed E-state index contributed by atoms with van der Waals surface area (Å²) in [7, 11) is 0. The van der Waals surface area contributed by atoms with Crippen LogP contribution >= 0.6 is 0 Å². The molecule has 0 spiro atoms. The van der Waals surface area contributed by atoms with Gasteiger partial charge in [-0.1, -0.05) is 12.1 Å². The Morgan fingerprint density at radius 1 is 1.22 bits per heavy atom. The lowest BCUT2D eigenvalue weighted by atomic mass is 9.90. The molecule has 0 bridgehead atoms. The highest BCUT2D eigenvalue weighted by atomic mass is 19.4. The number of carbonyl (C=O) groups is 1. The maximum absolute atomic E-state index is 12.4. The predicted octanol–water partition coefficient (Wildman–Crippen LogP) is 2.53. The summed E-state index contributed by atoms with van der Waals surface area (Å²) in [6.45, 7) is -0.681. The quantitative estimate of drug-likeness (QED) is 0.841. The molecule has 1 amide bonds. The number of amides is 1. The van der Waals surface area contributed by atoms with Crippen LogP contribution in [0.4, 0.5) is 26.3 Å². The largest absolute Gasteiger partial charge is 0.573 e. The van der Waals surface area contributed by atoms with Gasteiger partial charge in [0.25, 0.3) is 0 Å². The fourth-order valence-corrected chi connectivity index (χ4v) is 2.42. The van der Waals surface area contributed by atoms with Crippen molar-refractivity contribution in [2.24, 2.45) is 5.73 Å². The van der Waals surface area contributed by atoms with E-state index in [1.54, 1.807) is 0 Å². The standard InChI is InChI=1S/C13H12F6N2O2/c14-12(15,16)10(22)21-5-4-11(20,7-21)8-2-1-3-9(6-8)23-13(17,18)19/h1-3,6H,4-5,7,20H2. The first-order valence-corrected chi connectivity index (χ1v) is 6.42. The molecule has 0 aliphatic carbocycles. The van der Waals surface area contributed by atoms with Gasteiger partial charge in [-0.3, -0.25) is 4.79 Å². The van der Waals surface area contributed by atoms with Gasteiger partial charge >= 0.3 is 18.4 Å². The Morgan fingerprint density at radius 3 is 2.43 bits per heavy atom. The SMILES string of the molecule is NC1(c2cccc(OC(F)(F)F)c2)CCN(C(=O)C(F)(F)F)C1. The Hall–Kier alpha value is -1.97. The molecule has 1 saturated heterocycles. The molecule has 1 aliphatic heterocycles. The third-order valence-corrected chi connectivity index (χ3v) is 3.47. The monoisotopic (exact) mass is 342 g/mol. The Bertz CT molecular complexity index is 601. The van der Waals surface area contributed by atoms with E-state index < -0.39 is 36.3 Å². The average Bonchev–Trinajstić information content (AvgIpc) is 2.79. The third kappa shape index (κ3) is 4.06. The molecule has 10 heteroatoms. The number of likely N-dealkylation sites (tertiary alicyclic amines) is 1. The average molecular weight is 342 g/mol. The maximum atomic E-state index is 12.4. The van der Waals surface area contributed by atoms with Crippen molar-refractivity contribution >= 4 is 5.91 Å². The molecular weight excluding hydrogens is 330 g/mol. The molecule has 1 fully saturated rings. The fraction of sp³-hybridized carbons (Fsp3) is 0.462. The molecule has 0 radical (unpaired) electrons. The highest BCUT2D eigenvalue weighted by molar-refractivity contribution is 5.82. The van der Waals surface area contributed by atoms with Crippen molar-refractivity contribution in [3.63, 3.8) is 0 Å². The number of hydrogen-bond donors (Lipinski definition) is 1. The van der Waals surface area contributed by atoms with Gasteiger partial charge in [-0.05, 0) is 24.1 Å². The van der Waals surface area contributed by atoms with Crippen LogP contribution in [0.25, 0.3) is 0 Å². The van der Waals surface area contributed by atoms with Gasteiger partial charge in [0, 0.05) is 13.1 Å². The normalized spacial score (nSPS) is 22.3. The Morgan fingerprint density at radius 2 is 1.87 bits per heavy atom. The second kappa shape index (κ2) is 5.59. The number of halogens is 6. The van der Waals surface area contributed by atoms with Gasteiger partial charge in [-0.2, -0.15) is 13.2 Å². The van der Waals surface area contributed by atoms with Crippen molar-refractivity contribution in [1.82, 2.24) is 4.90 Å². The molecule has 1 unspecified atom stereocenters. The van der Waals surface area contributed by atoms with Gasteiger partial charge in [-0.15, -0.1) is 13.2 Å². The molecule has 1 heterocycles.